The molecule has 3 atom stereocenters. The van der Waals surface area contributed by atoms with Gasteiger partial charge in [-0.15, -0.1) is 0 Å². The third kappa shape index (κ3) is 5.59. The van der Waals surface area contributed by atoms with Crippen LogP contribution in [0, 0.1) is 0 Å². The van der Waals surface area contributed by atoms with Gasteiger partial charge in [0.05, 0.1) is 0 Å². The third-order valence-corrected chi connectivity index (χ3v) is 4.96. The van der Waals surface area contributed by atoms with Crippen molar-refractivity contribution in [2.45, 2.75) is 90.3 Å². The van der Waals surface area contributed by atoms with Crippen LogP contribution in [0.3, 0.4) is 0 Å². The van der Waals surface area contributed by atoms with Gasteiger partial charge in [0.25, 0.3) is 0 Å². The number of carbonyl (C=O) groups is 1. The lowest BCUT2D eigenvalue weighted by Gasteiger charge is -2.39. The van der Waals surface area contributed by atoms with Gasteiger partial charge in [0.15, 0.2) is 0 Å². The molecule has 0 aromatic heterocycles. The molecule has 124 valence electrons. The molecule has 0 aliphatic carbocycles. The Hall–Kier alpha value is -0.610. The van der Waals surface area contributed by atoms with E-state index < -0.39 is 11.5 Å². The minimum Gasteiger partial charge on any atom is -0.480 e. The predicted molar refractivity (Wildman–Crippen MR) is 87.7 cm³/mol. The molecule has 21 heavy (non-hydrogen) atoms. The number of nitrogens with zero attached hydrogens (tertiary/aromatic N) is 1. The second-order valence-corrected chi connectivity index (χ2v) is 6.89. The van der Waals surface area contributed by atoms with Crippen LogP contribution in [0.15, 0.2) is 0 Å². The molecule has 0 saturated carbocycles. The zero-order valence-electron chi connectivity index (χ0n) is 14.3. The van der Waals surface area contributed by atoms with Crippen LogP contribution in [0.2, 0.25) is 0 Å². The van der Waals surface area contributed by atoms with Crippen molar-refractivity contribution in [3.8, 4) is 0 Å². The maximum atomic E-state index is 11.5. The predicted octanol–water partition coefficient (Wildman–Crippen LogP) is 3.26. The van der Waals surface area contributed by atoms with Gasteiger partial charge in [-0.05, 0) is 72.4 Å². The van der Waals surface area contributed by atoms with Gasteiger partial charge in [0.2, 0.25) is 0 Å². The van der Waals surface area contributed by atoms with E-state index in [2.05, 4.69) is 31.0 Å². The van der Waals surface area contributed by atoms with Crippen LogP contribution >= 0.6 is 0 Å². The van der Waals surface area contributed by atoms with Gasteiger partial charge in [0.1, 0.15) is 5.54 Å². The Kier molecular flexibility index (Phi) is 7.67. The number of likely N-dealkylation sites (tertiary alicyclic amines) is 1. The monoisotopic (exact) mass is 298 g/mol. The molecule has 3 unspecified atom stereocenters. The Morgan fingerprint density at radius 3 is 2.43 bits per heavy atom. The van der Waals surface area contributed by atoms with Crippen molar-refractivity contribution in [2.24, 2.45) is 0 Å². The molecule has 1 saturated heterocycles. The van der Waals surface area contributed by atoms with Gasteiger partial charge >= 0.3 is 5.97 Å². The smallest absolute Gasteiger partial charge is 0.323 e. The second-order valence-electron chi connectivity index (χ2n) is 6.89. The van der Waals surface area contributed by atoms with E-state index in [1.807, 2.05) is 6.92 Å². The number of unbranched alkanes of at least 4 members (excludes halogenated alkanes) is 1. The molecule has 1 rings (SSSR count). The van der Waals surface area contributed by atoms with Gasteiger partial charge in [0, 0.05) is 12.1 Å². The van der Waals surface area contributed by atoms with E-state index in [1.165, 1.54) is 19.3 Å². The zero-order valence-corrected chi connectivity index (χ0v) is 14.3. The molecular weight excluding hydrogens is 264 g/mol. The van der Waals surface area contributed by atoms with Crippen molar-refractivity contribution < 1.29 is 9.90 Å². The van der Waals surface area contributed by atoms with Gasteiger partial charge in [-0.2, -0.15) is 0 Å². The molecule has 0 aromatic carbocycles. The lowest BCUT2D eigenvalue weighted by Crippen LogP contribution is -2.50. The minimum atomic E-state index is -0.769. The van der Waals surface area contributed by atoms with E-state index in [1.54, 1.807) is 0 Å². The zero-order chi connectivity index (χ0) is 15.9. The normalized spacial score (nSPS) is 26.5. The summed E-state index contributed by atoms with van der Waals surface area (Å²) < 4.78 is 0. The van der Waals surface area contributed by atoms with Crippen molar-refractivity contribution in [2.75, 3.05) is 13.1 Å². The van der Waals surface area contributed by atoms with E-state index in [0.717, 1.165) is 32.4 Å². The van der Waals surface area contributed by atoms with Crippen LogP contribution in [0.5, 0.6) is 0 Å². The van der Waals surface area contributed by atoms with E-state index in [4.69, 9.17) is 0 Å². The maximum Gasteiger partial charge on any atom is 0.323 e. The summed E-state index contributed by atoms with van der Waals surface area (Å²) in [5, 5.41) is 12.6. The molecule has 0 radical (unpaired) electrons. The Balaban J connectivity index is 2.35. The van der Waals surface area contributed by atoms with Crippen LogP contribution in [0.25, 0.3) is 0 Å². The number of nitrogens with one attached hydrogen (secondary N) is 1. The van der Waals surface area contributed by atoms with Gasteiger partial charge in [-0.1, -0.05) is 13.3 Å². The first kappa shape index (κ1) is 18.4. The van der Waals surface area contributed by atoms with Gasteiger partial charge < -0.3 is 10.4 Å². The topological polar surface area (TPSA) is 52.6 Å². The largest absolute Gasteiger partial charge is 0.480 e. The molecule has 1 aliphatic heterocycles. The average Bonchev–Trinajstić information content (AvgIpc) is 2.43. The maximum absolute atomic E-state index is 11.5. The summed E-state index contributed by atoms with van der Waals surface area (Å²) in [5.74, 6) is -0.726. The SMILES string of the molecule is CCCNC(C)(CCCCN1C(C)CCCC1C)C(=O)O. The number of hydrogen-bond acceptors (Lipinski definition) is 3. The Morgan fingerprint density at radius 1 is 1.29 bits per heavy atom. The van der Waals surface area contributed by atoms with Crippen molar-refractivity contribution in [1.82, 2.24) is 10.2 Å². The molecular formula is C17H34N2O2. The average molecular weight is 298 g/mol. The summed E-state index contributed by atoms with van der Waals surface area (Å²) in [6.45, 7) is 10.4. The van der Waals surface area contributed by atoms with E-state index in [9.17, 15) is 9.90 Å². The van der Waals surface area contributed by atoms with Crippen LogP contribution in [-0.4, -0.2) is 46.7 Å². The highest BCUT2D eigenvalue weighted by atomic mass is 16.4. The first-order chi connectivity index (χ1) is 9.90. The Bertz CT molecular complexity index is 312. The second kappa shape index (κ2) is 8.74. The highest BCUT2D eigenvalue weighted by Crippen LogP contribution is 2.23. The Morgan fingerprint density at radius 2 is 1.90 bits per heavy atom. The van der Waals surface area contributed by atoms with Crippen LogP contribution in [-0.2, 0) is 4.79 Å². The quantitative estimate of drug-likeness (QED) is 0.642. The third-order valence-electron chi connectivity index (χ3n) is 4.96. The van der Waals surface area contributed by atoms with Crippen molar-refractivity contribution in [3.63, 3.8) is 0 Å². The molecule has 1 fully saturated rings. The highest BCUT2D eigenvalue weighted by molar-refractivity contribution is 5.78. The summed E-state index contributed by atoms with van der Waals surface area (Å²) in [4.78, 5) is 14.1. The molecule has 4 heteroatoms. The van der Waals surface area contributed by atoms with Crippen LogP contribution < -0.4 is 5.32 Å². The van der Waals surface area contributed by atoms with E-state index in [-0.39, 0.29) is 0 Å². The van der Waals surface area contributed by atoms with E-state index in [0.29, 0.717) is 18.5 Å². The molecule has 0 spiro atoms. The van der Waals surface area contributed by atoms with Crippen LogP contribution in [0.1, 0.15) is 72.6 Å². The fourth-order valence-corrected chi connectivity index (χ4v) is 3.36. The first-order valence-electron chi connectivity index (χ1n) is 8.65. The molecule has 2 N–H and O–H groups in total. The summed E-state index contributed by atoms with van der Waals surface area (Å²) in [6, 6.07) is 1.36. The fraction of sp³-hybridized carbons (Fsp3) is 0.941. The first-order valence-corrected chi connectivity index (χ1v) is 8.65. The summed E-state index contributed by atoms with van der Waals surface area (Å²) in [5.41, 5.74) is -0.769. The molecule has 0 bridgehead atoms. The molecule has 4 nitrogen and oxygen atoms in total. The lowest BCUT2D eigenvalue weighted by molar-refractivity contribution is -0.144. The van der Waals surface area contributed by atoms with Gasteiger partial charge in [-0.3, -0.25) is 9.69 Å². The molecule has 1 aliphatic rings. The lowest BCUT2D eigenvalue weighted by atomic mass is 9.93. The number of carboxylic acids is 1. The van der Waals surface area contributed by atoms with Crippen molar-refractivity contribution in [1.29, 1.82) is 0 Å². The summed E-state index contributed by atoms with van der Waals surface area (Å²) in [7, 11) is 0. The van der Waals surface area contributed by atoms with Gasteiger partial charge in [-0.25, -0.2) is 0 Å². The molecule has 0 amide bonds. The fourth-order valence-electron chi connectivity index (χ4n) is 3.36. The molecule has 1 heterocycles. The number of carboxylic acid groups (broad SMARTS) is 1. The van der Waals surface area contributed by atoms with Crippen molar-refractivity contribution >= 4 is 5.97 Å². The summed E-state index contributed by atoms with van der Waals surface area (Å²) in [6.07, 6.45) is 7.67. The van der Waals surface area contributed by atoms with Crippen molar-refractivity contribution in [3.05, 3.63) is 0 Å². The number of rotatable bonds is 9. The number of piperidine rings is 1. The van der Waals surface area contributed by atoms with E-state index >= 15 is 0 Å². The van der Waals surface area contributed by atoms with Crippen LogP contribution in [0.4, 0.5) is 0 Å². The Labute approximate surface area is 130 Å². The number of hydrogen-bond donors (Lipinski definition) is 2. The minimum absolute atomic E-state index is 0.679. The number of aliphatic carboxylic acids is 1. The summed E-state index contributed by atoms with van der Waals surface area (Å²) >= 11 is 0. The standard InChI is InChI=1S/C17H34N2O2/c1-5-12-18-17(4,16(20)21)11-6-7-13-19-14(2)9-8-10-15(19)3/h14-15,18H,5-13H2,1-4H3,(H,20,21). The molecule has 0 aromatic rings. The highest BCUT2D eigenvalue weighted by Gasteiger charge is 2.31.